The zero-order chi connectivity index (χ0) is 18.5. The second kappa shape index (κ2) is 8.25. The predicted octanol–water partition coefficient (Wildman–Crippen LogP) is 4.77. The van der Waals surface area contributed by atoms with Crippen LogP contribution in [0.25, 0.3) is 11.0 Å². The van der Waals surface area contributed by atoms with Crippen LogP contribution < -0.4 is 4.74 Å². The maximum Gasteiger partial charge on any atom is 0.338 e. The summed E-state index contributed by atoms with van der Waals surface area (Å²) in [6.45, 7) is 2.29. The summed E-state index contributed by atoms with van der Waals surface area (Å²) >= 11 is 5.95. The van der Waals surface area contributed by atoms with E-state index in [0.717, 1.165) is 11.8 Å². The molecule has 3 aromatic rings. The van der Waals surface area contributed by atoms with E-state index in [1.54, 1.807) is 48.5 Å². The van der Waals surface area contributed by atoms with Crippen molar-refractivity contribution in [3.8, 4) is 5.75 Å². The molecule has 0 spiro atoms. The van der Waals surface area contributed by atoms with Crippen LogP contribution in [0.2, 0.25) is 5.02 Å². The van der Waals surface area contributed by atoms with Crippen molar-refractivity contribution >= 4 is 28.5 Å². The summed E-state index contributed by atoms with van der Waals surface area (Å²) in [5.41, 5.74) is 1.05. The number of carbonyl (C=O) groups excluding carboxylic acids is 1. The molecule has 6 heteroatoms. The number of esters is 1. The molecule has 0 aliphatic rings. The number of benzene rings is 2. The molecule has 1 aromatic heterocycles. The number of hydrogen-bond acceptors (Lipinski definition) is 5. The number of ether oxygens (including phenoxy) is 2. The van der Waals surface area contributed by atoms with E-state index in [1.807, 2.05) is 6.92 Å². The molecule has 1 N–H and O–H groups in total. The van der Waals surface area contributed by atoms with Crippen LogP contribution in [0.5, 0.6) is 5.75 Å². The Morgan fingerprint density at radius 3 is 2.88 bits per heavy atom. The minimum atomic E-state index is -0.947. The van der Waals surface area contributed by atoms with Gasteiger partial charge in [0, 0.05) is 10.4 Å². The van der Waals surface area contributed by atoms with Gasteiger partial charge in [0.15, 0.2) is 0 Å². The van der Waals surface area contributed by atoms with Crippen molar-refractivity contribution in [1.82, 2.24) is 0 Å². The molecular weight excluding hydrogens is 356 g/mol. The number of rotatable bonds is 7. The normalized spacial score (nSPS) is 12.1. The highest BCUT2D eigenvalue weighted by Crippen LogP contribution is 2.27. The van der Waals surface area contributed by atoms with E-state index in [2.05, 4.69) is 0 Å². The minimum Gasteiger partial charge on any atom is -0.490 e. The molecule has 136 valence electrons. The quantitative estimate of drug-likeness (QED) is 0.603. The van der Waals surface area contributed by atoms with Gasteiger partial charge in [-0.1, -0.05) is 24.6 Å². The third kappa shape index (κ3) is 4.36. The van der Waals surface area contributed by atoms with Gasteiger partial charge < -0.3 is 19.0 Å². The number of carbonyl (C=O) groups is 1. The van der Waals surface area contributed by atoms with Gasteiger partial charge in [-0.05, 0) is 48.9 Å². The van der Waals surface area contributed by atoms with Crippen molar-refractivity contribution in [3.63, 3.8) is 0 Å². The smallest absolute Gasteiger partial charge is 0.338 e. The lowest BCUT2D eigenvalue weighted by Gasteiger charge is -2.11. The van der Waals surface area contributed by atoms with Gasteiger partial charge in [-0.2, -0.15) is 0 Å². The van der Waals surface area contributed by atoms with Gasteiger partial charge in [0.1, 0.15) is 29.8 Å². The topological polar surface area (TPSA) is 68.9 Å². The standard InChI is InChI=1S/C20H19ClO5/c1-2-8-24-20(23)13-4-3-5-16(10-13)25-12-17(22)19-11-14-9-15(21)6-7-18(14)26-19/h3-7,9-11,17,22H,2,8,12H2,1H3. The number of fused-ring (bicyclic) bond motifs is 1. The zero-order valence-electron chi connectivity index (χ0n) is 14.3. The minimum absolute atomic E-state index is 0.0129. The van der Waals surface area contributed by atoms with Crippen LogP contribution in [-0.2, 0) is 4.74 Å². The summed E-state index contributed by atoms with van der Waals surface area (Å²) in [7, 11) is 0. The largest absolute Gasteiger partial charge is 0.490 e. The Morgan fingerprint density at radius 1 is 1.23 bits per heavy atom. The maximum atomic E-state index is 11.9. The first-order valence-corrected chi connectivity index (χ1v) is 8.71. The molecule has 26 heavy (non-hydrogen) atoms. The number of furan rings is 1. The van der Waals surface area contributed by atoms with Gasteiger partial charge in [-0.15, -0.1) is 0 Å². The molecule has 0 radical (unpaired) electrons. The highest BCUT2D eigenvalue weighted by atomic mass is 35.5. The fraction of sp³-hybridized carbons (Fsp3) is 0.250. The second-order valence-electron chi connectivity index (χ2n) is 5.82. The third-order valence-electron chi connectivity index (χ3n) is 3.74. The van der Waals surface area contributed by atoms with E-state index in [4.69, 9.17) is 25.5 Å². The van der Waals surface area contributed by atoms with Crippen molar-refractivity contribution < 1.29 is 23.8 Å². The molecule has 0 bridgehead atoms. The predicted molar refractivity (Wildman–Crippen MR) is 98.7 cm³/mol. The zero-order valence-corrected chi connectivity index (χ0v) is 15.0. The molecule has 0 fully saturated rings. The Bertz CT molecular complexity index is 902. The molecule has 5 nitrogen and oxygen atoms in total. The number of aliphatic hydroxyl groups is 1. The Labute approximate surface area is 156 Å². The van der Waals surface area contributed by atoms with Crippen molar-refractivity contribution in [2.75, 3.05) is 13.2 Å². The van der Waals surface area contributed by atoms with Gasteiger partial charge in [0.05, 0.1) is 12.2 Å². The molecule has 0 amide bonds. The molecule has 0 aliphatic heterocycles. The molecule has 0 aliphatic carbocycles. The van der Waals surface area contributed by atoms with Crippen molar-refractivity contribution in [1.29, 1.82) is 0 Å². The molecule has 2 aromatic carbocycles. The average Bonchev–Trinajstić information content (AvgIpc) is 3.07. The molecule has 1 atom stereocenters. The van der Waals surface area contributed by atoms with Gasteiger partial charge in [-0.25, -0.2) is 4.79 Å². The fourth-order valence-corrected chi connectivity index (χ4v) is 2.63. The summed E-state index contributed by atoms with van der Waals surface area (Å²) in [6.07, 6.45) is -0.187. The Kier molecular flexibility index (Phi) is 5.81. The summed E-state index contributed by atoms with van der Waals surface area (Å²) in [5, 5.41) is 11.7. The SMILES string of the molecule is CCCOC(=O)c1cccc(OCC(O)c2cc3cc(Cl)ccc3o2)c1. The van der Waals surface area contributed by atoms with E-state index in [9.17, 15) is 9.90 Å². The van der Waals surface area contributed by atoms with E-state index in [0.29, 0.717) is 34.3 Å². The highest BCUT2D eigenvalue weighted by molar-refractivity contribution is 6.31. The lowest BCUT2D eigenvalue weighted by atomic mass is 10.2. The number of aliphatic hydroxyl groups excluding tert-OH is 1. The fourth-order valence-electron chi connectivity index (χ4n) is 2.45. The van der Waals surface area contributed by atoms with Crippen LogP contribution in [0.1, 0.15) is 35.6 Å². The van der Waals surface area contributed by atoms with Crippen molar-refractivity contribution in [3.05, 3.63) is 64.9 Å². The van der Waals surface area contributed by atoms with Crippen LogP contribution in [0.4, 0.5) is 0 Å². The first-order chi connectivity index (χ1) is 12.6. The van der Waals surface area contributed by atoms with Gasteiger partial charge in [0.25, 0.3) is 0 Å². The summed E-state index contributed by atoms with van der Waals surface area (Å²) in [6, 6.07) is 13.6. The summed E-state index contributed by atoms with van der Waals surface area (Å²) in [4.78, 5) is 11.9. The van der Waals surface area contributed by atoms with Crippen molar-refractivity contribution in [2.24, 2.45) is 0 Å². The molecule has 3 rings (SSSR count). The Morgan fingerprint density at radius 2 is 2.08 bits per heavy atom. The van der Waals surface area contributed by atoms with Crippen LogP contribution in [-0.4, -0.2) is 24.3 Å². The third-order valence-corrected chi connectivity index (χ3v) is 3.98. The van der Waals surface area contributed by atoms with Gasteiger partial charge >= 0.3 is 5.97 Å². The first kappa shape index (κ1) is 18.3. The Balaban J connectivity index is 1.65. The highest BCUT2D eigenvalue weighted by Gasteiger charge is 2.15. The molecule has 1 unspecified atom stereocenters. The van der Waals surface area contributed by atoms with E-state index in [1.165, 1.54) is 0 Å². The van der Waals surface area contributed by atoms with Crippen LogP contribution >= 0.6 is 11.6 Å². The van der Waals surface area contributed by atoms with Gasteiger partial charge in [-0.3, -0.25) is 0 Å². The van der Waals surface area contributed by atoms with Crippen molar-refractivity contribution in [2.45, 2.75) is 19.4 Å². The molecule has 0 saturated carbocycles. The Hall–Kier alpha value is -2.50. The molecule has 1 heterocycles. The maximum absolute atomic E-state index is 11.9. The average molecular weight is 375 g/mol. The van der Waals surface area contributed by atoms with E-state index < -0.39 is 12.1 Å². The first-order valence-electron chi connectivity index (χ1n) is 8.34. The van der Waals surface area contributed by atoms with Gasteiger partial charge in [0.2, 0.25) is 0 Å². The molecular formula is C20H19ClO5. The monoisotopic (exact) mass is 374 g/mol. The lowest BCUT2D eigenvalue weighted by molar-refractivity contribution is 0.0504. The lowest BCUT2D eigenvalue weighted by Crippen LogP contribution is -2.10. The number of hydrogen-bond donors (Lipinski definition) is 1. The summed E-state index contributed by atoms with van der Waals surface area (Å²) < 4.78 is 16.3. The second-order valence-corrected chi connectivity index (χ2v) is 6.26. The van der Waals surface area contributed by atoms with Crippen LogP contribution in [0, 0.1) is 0 Å². The van der Waals surface area contributed by atoms with Crippen LogP contribution in [0.15, 0.2) is 52.9 Å². The summed E-state index contributed by atoms with van der Waals surface area (Å²) in [5.74, 6) is 0.460. The van der Waals surface area contributed by atoms with Crippen LogP contribution in [0.3, 0.4) is 0 Å². The van der Waals surface area contributed by atoms with E-state index in [-0.39, 0.29) is 6.61 Å². The number of halogens is 1. The van der Waals surface area contributed by atoms with E-state index >= 15 is 0 Å². The molecule has 0 saturated heterocycles.